The second-order valence-corrected chi connectivity index (χ2v) is 4.83. The molecule has 0 unspecified atom stereocenters. The van der Waals surface area contributed by atoms with Crippen LogP contribution >= 0.6 is 11.6 Å². The van der Waals surface area contributed by atoms with Gasteiger partial charge >= 0.3 is 0 Å². The van der Waals surface area contributed by atoms with E-state index in [1.165, 1.54) is 7.11 Å². The van der Waals surface area contributed by atoms with Gasteiger partial charge in [-0.25, -0.2) is 8.78 Å². The molecule has 1 aliphatic rings. The molecule has 17 heavy (non-hydrogen) atoms. The summed E-state index contributed by atoms with van der Waals surface area (Å²) < 4.78 is 32.4. The number of rotatable bonds is 2. The summed E-state index contributed by atoms with van der Waals surface area (Å²) in [6.45, 7) is 0. The largest absolute Gasteiger partial charge is 0.495 e. The van der Waals surface area contributed by atoms with Crippen LogP contribution in [-0.4, -0.2) is 7.11 Å². The van der Waals surface area contributed by atoms with Crippen LogP contribution in [0.25, 0.3) is 0 Å². The average molecular weight is 262 g/mol. The van der Waals surface area contributed by atoms with Gasteiger partial charge in [-0.05, 0) is 18.9 Å². The van der Waals surface area contributed by atoms with Crippen molar-refractivity contribution in [3.8, 4) is 5.75 Å². The van der Waals surface area contributed by atoms with Crippen LogP contribution in [-0.2, 0) is 5.54 Å². The molecule has 2 rings (SSSR count). The first kappa shape index (κ1) is 12.6. The summed E-state index contributed by atoms with van der Waals surface area (Å²) in [7, 11) is 1.38. The first-order chi connectivity index (χ1) is 7.99. The van der Waals surface area contributed by atoms with Gasteiger partial charge in [-0.3, -0.25) is 0 Å². The second kappa shape index (κ2) is 4.42. The number of methoxy groups -OCH3 is 1. The van der Waals surface area contributed by atoms with E-state index in [1.54, 1.807) is 0 Å². The van der Waals surface area contributed by atoms with E-state index >= 15 is 0 Å². The molecule has 1 fully saturated rings. The zero-order chi connectivity index (χ0) is 12.6. The maximum atomic E-state index is 13.9. The zero-order valence-corrected chi connectivity index (χ0v) is 10.3. The monoisotopic (exact) mass is 261 g/mol. The molecule has 1 aliphatic carbocycles. The summed E-state index contributed by atoms with van der Waals surface area (Å²) >= 11 is 5.86. The second-order valence-electron chi connectivity index (χ2n) is 4.43. The molecule has 0 aliphatic heterocycles. The van der Waals surface area contributed by atoms with Crippen molar-refractivity contribution in [1.29, 1.82) is 0 Å². The highest BCUT2D eigenvalue weighted by Crippen LogP contribution is 2.45. The van der Waals surface area contributed by atoms with Crippen LogP contribution in [0, 0.1) is 11.6 Å². The Labute approximate surface area is 104 Å². The van der Waals surface area contributed by atoms with Crippen LogP contribution in [0.3, 0.4) is 0 Å². The summed E-state index contributed by atoms with van der Waals surface area (Å²) in [5.41, 5.74) is 5.35. The predicted octanol–water partition coefficient (Wildman–Crippen LogP) is 3.35. The number of ether oxygens (including phenoxy) is 1. The van der Waals surface area contributed by atoms with E-state index in [9.17, 15) is 8.78 Å². The lowest BCUT2D eigenvalue weighted by Gasteiger charge is -2.27. The van der Waals surface area contributed by atoms with Crippen LogP contribution in [0.4, 0.5) is 8.78 Å². The molecule has 0 heterocycles. The van der Waals surface area contributed by atoms with Crippen molar-refractivity contribution in [3.63, 3.8) is 0 Å². The van der Waals surface area contributed by atoms with Crippen LogP contribution < -0.4 is 10.5 Å². The van der Waals surface area contributed by atoms with Crippen molar-refractivity contribution in [2.24, 2.45) is 5.73 Å². The highest BCUT2D eigenvalue weighted by Gasteiger charge is 2.38. The van der Waals surface area contributed by atoms with E-state index in [4.69, 9.17) is 22.1 Å². The highest BCUT2D eigenvalue weighted by atomic mass is 35.5. The fourth-order valence-corrected chi connectivity index (χ4v) is 2.75. The summed E-state index contributed by atoms with van der Waals surface area (Å²) in [6.07, 6.45) is 3.01. The molecule has 0 aromatic heterocycles. The maximum Gasteiger partial charge on any atom is 0.167 e. The maximum absolute atomic E-state index is 13.9. The fourth-order valence-electron chi connectivity index (χ4n) is 2.48. The van der Waals surface area contributed by atoms with Gasteiger partial charge in [0.1, 0.15) is 5.75 Å². The summed E-state index contributed by atoms with van der Waals surface area (Å²) in [5.74, 6) is -1.78. The third-order valence-electron chi connectivity index (χ3n) is 3.32. The van der Waals surface area contributed by atoms with Gasteiger partial charge in [-0.2, -0.15) is 0 Å². The van der Waals surface area contributed by atoms with E-state index in [0.717, 1.165) is 18.9 Å². The Morgan fingerprint density at radius 2 is 1.94 bits per heavy atom. The van der Waals surface area contributed by atoms with E-state index in [2.05, 4.69) is 0 Å². The van der Waals surface area contributed by atoms with Crippen molar-refractivity contribution in [3.05, 3.63) is 28.3 Å². The fraction of sp³-hybridized carbons (Fsp3) is 0.500. The third-order valence-corrected chi connectivity index (χ3v) is 3.61. The van der Waals surface area contributed by atoms with Crippen LogP contribution in [0.1, 0.15) is 31.2 Å². The molecule has 1 saturated carbocycles. The van der Waals surface area contributed by atoms with E-state index in [0.29, 0.717) is 12.8 Å². The highest BCUT2D eigenvalue weighted by molar-refractivity contribution is 6.32. The molecule has 0 amide bonds. The lowest BCUT2D eigenvalue weighted by atomic mass is 9.88. The molecule has 94 valence electrons. The van der Waals surface area contributed by atoms with Crippen LogP contribution in [0.15, 0.2) is 6.07 Å². The Kier molecular flexibility index (Phi) is 3.27. The van der Waals surface area contributed by atoms with Crippen molar-refractivity contribution < 1.29 is 13.5 Å². The van der Waals surface area contributed by atoms with Crippen molar-refractivity contribution >= 4 is 11.6 Å². The van der Waals surface area contributed by atoms with Crippen molar-refractivity contribution in [2.45, 2.75) is 31.2 Å². The Morgan fingerprint density at radius 1 is 1.35 bits per heavy atom. The average Bonchev–Trinajstić information content (AvgIpc) is 2.71. The first-order valence-electron chi connectivity index (χ1n) is 5.50. The number of halogens is 3. The third kappa shape index (κ3) is 2.00. The molecule has 0 atom stereocenters. The minimum atomic E-state index is -0.984. The topological polar surface area (TPSA) is 35.2 Å². The van der Waals surface area contributed by atoms with E-state index in [1.807, 2.05) is 0 Å². The minimum Gasteiger partial charge on any atom is -0.495 e. The van der Waals surface area contributed by atoms with Gasteiger partial charge in [0.05, 0.1) is 17.7 Å². The summed E-state index contributed by atoms with van der Waals surface area (Å²) in [4.78, 5) is 0. The van der Waals surface area contributed by atoms with Gasteiger partial charge in [0, 0.05) is 5.54 Å². The lowest BCUT2D eigenvalue weighted by Crippen LogP contribution is -2.35. The van der Waals surface area contributed by atoms with Gasteiger partial charge < -0.3 is 10.5 Å². The predicted molar refractivity (Wildman–Crippen MR) is 62.3 cm³/mol. The molecule has 0 radical (unpaired) electrons. The Hall–Kier alpha value is -0.870. The summed E-state index contributed by atoms with van der Waals surface area (Å²) in [6, 6.07) is 0.914. The van der Waals surface area contributed by atoms with E-state index in [-0.39, 0.29) is 16.3 Å². The van der Waals surface area contributed by atoms with Crippen LogP contribution in [0.5, 0.6) is 5.75 Å². The molecule has 2 nitrogen and oxygen atoms in total. The van der Waals surface area contributed by atoms with Gasteiger partial charge in [-0.15, -0.1) is 0 Å². The number of hydrogen-bond donors (Lipinski definition) is 1. The normalized spacial score (nSPS) is 18.4. The minimum absolute atomic E-state index is 0.0538. The van der Waals surface area contributed by atoms with Crippen molar-refractivity contribution in [1.82, 2.24) is 0 Å². The molecule has 5 heteroatoms. The number of nitrogens with two attached hydrogens (primary N) is 1. The summed E-state index contributed by atoms with van der Waals surface area (Å²) in [5, 5.41) is 0.0538. The van der Waals surface area contributed by atoms with Gasteiger partial charge in [0.2, 0.25) is 0 Å². The molecule has 1 aromatic carbocycles. The van der Waals surface area contributed by atoms with Crippen LogP contribution in [0.2, 0.25) is 5.02 Å². The van der Waals surface area contributed by atoms with E-state index < -0.39 is 17.2 Å². The zero-order valence-electron chi connectivity index (χ0n) is 9.53. The van der Waals surface area contributed by atoms with Gasteiger partial charge in [0.25, 0.3) is 0 Å². The Morgan fingerprint density at radius 3 is 2.47 bits per heavy atom. The molecule has 0 spiro atoms. The Bertz CT molecular complexity index is 445. The van der Waals surface area contributed by atoms with Gasteiger partial charge in [0.15, 0.2) is 11.6 Å². The SMILES string of the molecule is COc1c(Cl)cc(F)c(F)c1C1(N)CCCC1. The standard InChI is InChI=1S/C12H14ClF2NO/c1-17-11-7(13)6-8(14)10(15)9(11)12(16)4-2-3-5-12/h6H,2-5,16H2,1H3. The molecule has 0 saturated heterocycles. The van der Waals surface area contributed by atoms with Crippen molar-refractivity contribution in [2.75, 3.05) is 7.11 Å². The molecule has 2 N–H and O–H groups in total. The smallest absolute Gasteiger partial charge is 0.167 e. The Balaban J connectivity index is 2.65. The van der Waals surface area contributed by atoms with Gasteiger partial charge in [-0.1, -0.05) is 24.4 Å². The number of hydrogen-bond acceptors (Lipinski definition) is 2. The molecular formula is C12H14ClF2NO. The molecule has 0 bridgehead atoms. The molecular weight excluding hydrogens is 248 g/mol. The number of benzene rings is 1. The molecule has 1 aromatic rings. The first-order valence-corrected chi connectivity index (χ1v) is 5.88. The lowest BCUT2D eigenvalue weighted by molar-refractivity contribution is 0.356. The quantitative estimate of drug-likeness (QED) is 0.829.